The number of hydrogen-bond acceptors (Lipinski definition) is 5. The van der Waals surface area contributed by atoms with Crippen LogP contribution in [0.1, 0.15) is 57.3 Å². The van der Waals surface area contributed by atoms with Gasteiger partial charge in [-0.2, -0.15) is 0 Å². The lowest BCUT2D eigenvalue weighted by Gasteiger charge is -2.34. The molecule has 0 heterocycles. The van der Waals surface area contributed by atoms with Crippen LogP contribution in [0.15, 0.2) is 24.3 Å². The molecule has 0 aromatic heterocycles. The quantitative estimate of drug-likeness (QED) is 0.633. The van der Waals surface area contributed by atoms with Gasteiger partial charge in [-0.1, -0.05) is 40.5 Å². The number of ether oxygens (including phenoxy) is 2. The molecule has 1 aliphatic carbocycles. The van der Waals surface area contributed by atoms with Gasteiger partial charge in [-0.3, -0.25) is 9.59 Å². The van der Waals surface area contributed by atoms with Crippen molar-refractivity contribution in [3.8, 4) is 5.75 Å². The summed E-state index contributed by atoms with van der Waals surface area (Å²) in [5, 5.41) is 5.69. The zero-order chi connectivity index (χ0) is 22.3. The zero-order valence-electron chi connectivity index (χ0n) is 18.6. The Balaban J connectivity index is 1.88. The molecule has 0 saturated heterocycles. The average Bonchev–Trinajstić information content (AvgIpc) is 2.73. The molecule has 1 aromatic carbocycles. The number of rotatable bonds is 8. The molecule has 166 valence electrons. The van der Waals surface area contributed by atoms with Crippen molar-refractivity contribution < 1.29 is 23.9 Å². The van der Waals surface area contributed by atoms with E-state index >= 15 is 0 Å². The van der Waals surface area contributed by atoms with Crippen LogP contribution in [0.5, 0.6) is 5.75 Å². The number of carbonyl (C=O) groups excluding carboxylic acids is 3. The maximum absolute atomic E-state index is 12.5. The van der Waals surface area contributed by atoms with Crippen LogP contribution >= 0.6 is 0 Å². The molecule has 2 N–H and O–H groups in total. The Hall–Kier alpha value is -2.57. The van der Waals surface area contributed by atoms with Crippen LogP contribution in [0.3, 0.4) is 0 Å². The first kappa shape index (κ1) is 23.7. The van der Waals surface area contributed by atoms with Gasteiger partial charge in [0.05, 0.1) is 7.11 Å². The highest BCUT2D eigenvalue weighted by Gasteiger charge is 2.30. The molecule has 1 aliphatic rings. The van der Waals surface area contributed by atoms with E-state index in [0.29, 0.717) is 23.1 Å². The van der Waals surface area contributed by atoms with Gasteiger partial charge in [0.1, 0.15) is 11.8 Å². The van der Waals surface area contributed by atoms with E-state index in [0.717, 1.165) is 12.8 Å². The van der Waals surface area contributed by atoms with Crippen LogP contribution in [0.25, 0.3) is 0 Å². The fourth-order valence-electron chi connectivity index (χ4n) is 3.73. The number of amides is 2. The van der Waals surface area contributed by atoms with Crippen molar-refractivity contribution in [1.29, 1.82) is 0 Å². The molecule has 0 radical (unpaired) electrons. The van der Waals surface area contributed by atoms with Crippen molar-refractivity contribution in [3.05, 3.63) is 29.8 Å². The minimum absolute atomic E-state index is 0.107. The summed E-state index contributed by atoms with van der Waals surface area (Å²) in [5.41, 5.74) is 0.410. The Bertz CT molecular complexity index is 732. The average molecular weight is 419 g/mol. The van der Waals surface area contributed by atoms with Crippen molar-refractivity contribution in [1.82, 2.24) is 10.6 Å². The van der Waals surface area contributed by atoms with Crippen molar-refractivity contribution >= 4 is 17.8 Å². The highest BCUT2D eigenvalue weighted by atomic mass is 16.5. The van der Waals surface area contributed by atoms with Crippen molar-refractivity contribution in [2.75, 3.05) is 13.7 Å². The molecular formula is C23H34N2O5. The number of esters is 1. The lowest BCUT2D eigenvalue weighted by atomic mass is 9.78. The summed E-state index contributed by atoms with van der Waals surface area (Å²) in [7, 11) is 1.55. The van der Waals surface area contributed by atoms with E-state index < -0.39 is 12.0 Å². The summed E-state index contributed by atoms with van der Waals surface area (Å²) in [6.07, 6.45) is 3.20. The van der Waals surface area contributed by atoms with Gasteiger partial charge in [-0.15, -0.1) is 0 Å². The first-order valence-electron chi connectivity index (χ1n) is 10.6. The summed E-state index contributed by atoms with van der Waals surface area (Å²) in [4.78, 5) is 37.3. The number of nitrogens with one attached hydrogen (secondary N) is 2. The van der Waals surface area contributed by atoms with Crippen LogP contribution in [0, 0.1) is 17.8 Å². The fraction of sp³-hybridized carbons (Fsp3) is 0.609. The molecule has 0 bridgehead atoms. The summed E-state index contributed by atoms with van der Waals surface area (Å²) in [6.45, 7) is 7.61. The van der Waals surface area contributed by atoms with Crippen LogP contribution in [-0.2, 0) is 14.3 Å². The first-order valence-corrected chi connectivity index (χ1v) is 10.6. The van der Waals surface area contributed by atoms with Crippen molar-refractivity contribution in [2.24, 2.45) is 17.8 Å². The smallest absolute Gasteiger partial charge is 0.329 e. The number of hydrogen-bond donors (Lipinski definition) is 2. The molecule has 1 fully saturated rings. The molecule has 0 aliphatic heterocycles. The van der Waals surface area contributed by atoms with Crippen LogP contribution < -0.4 is 15.4 Å². The summed E-state index contributed by atoms with van der Waals surface area (Å²) >= 11 is 0. The maximum atomic E-state index is 12.5. The lowest BCUT2D eigenvalue weighted by molar-refractivity contribution is -0.151. The molecule has 0 spiro atoms. The molecule has 1 saturated carbocycles. The van der Waals surface area contributed by atoms with E-state index in [9.17, 15) is 14.4 Å². The highest BCUT2D eigenvalue weighted by molar-refractivity contribution is 5.97. The Morgan fingerprint density at radius 3 is 2.37 bits per heavy atom. The van der Waals surface area contributed by atoms with Gasteiger partial charge in [-0.05, 0) is 48.4 Å². The van der Waals surface area contributed by atoms with Crippen LogP contribution in [-0.4, -0.2) is 43.6 Å². The Labute approximate surface area is 178 Å². The third-order valence-electron chi connectivity index (χ3n) is 5.96. The van der Waals surface area contributed by atoms with Crippen molar-refractivity contribution in [3.63, 3.8) is 0 Å². The molecule has 7 nitrogen and oxygen atoms in total. The van der Waals surface area contributed by atoms with Gasteiger partial charge in [0, 0.05) is 11.6 Å². The molecule has 2 amide bonds. The molecular weight excluding hydrogens is 384 g/mol. The second kappa shape index (κ2) is 11.0. The highest BCUT2D eigenvalue weighted by Crippen LogP contribution is 2.29. The predicted molar refractivity (Wildman–Crippen MR) is 114 cm³/mol. The summed E-state index contributed by atoms with van der Waals surface area (Å²) < 4.78 is 10.3. The molecule has 30 heavy (non-hydrogen) atoms. The number of methoxy groups -OCH3 is 1. The van der Waals surface area contributed by atoms with Gasteiger partial charge in [-0.25, -0.2) is 4.79 Å². The van der Waals surface area contributed by atoms with Gasteiger partial charge in [0.25, 0.3) is 11.8 Å². The van der Waals surface area contributed by atoms with Gasteiger partial charge < -0.3 is 20.1 Å². The minimum Gasteiger partial charge on any atom is -0.497 e. The van der Waals surface area contributed by atoms with Crippen molar-refractivity contribution in [2.45, 2.75) is 59.0 Å². The number of carbonyl (C=O) groups is 3. The first-order chi connectivity index (χ1) is 14.2. The molecule has 1 aromatic rings. The van der Waals surface area contributed by atoms with E-state index in [4.69, 9.17) is 9.47 Å². The molecule has 4 atom stereocenters. The second-order valence-corrected chi connectivity index (χ2v) is 8.47. The fourth-order valence-corrected chi connectivity index (χ4v) is 3.73. The topological polar surface area (TPSA) is 93.7 Å². The lowest BCUT2D eigenvalue weighted by Crippen LogP contribution is -2.48. The third kappa shape index (κ3) is 6.47. The minimum atomic E-state index is -0.846. The molecule has 2 rings (SSSR count). The second-order valence-electron chi connectivity index (χ2n) is 8.47. The number of benzene rings is 1. The molecule has 7 heteroatoms. The van der Waals surface area contributed by atoms with Crippen LogP contribution in [0.2, 0.25) is 0 Å². The van der Waals surface area contributed by atoms with E-state index in [1.807, 2.05) is 13.8 Å². The standard InChI is InChI=1S/C23H34N2O5/c1-14(2)21(25-22(27)17-9-11-18(29-5)12-10-17)23(28)30-13-20(26)24-19-8-6-7-15(3)16(19)4/h9-12,14-16,19,21H,6-8,13H2,1-5H3,(H,24,26)(H,25,27)/t15-,16+,19-,21-/m0/s1. The Morgan fingerprint density at radius 1 is 1.10 bits per heavy atom. The molecule has 0 unspecified atom stereocenters. The van der Waals surface area contributed by atoms with E-state index in [1.54, 1.807) is 31.4 Å². The Kier molecular flexibility index (Phi) is 8.69. The van der Waals surface area contributed by atoms with E-state index in [-0.39, 0.29) is 30.4 Å². The normalized spacial score (nSPS) is 22.1. The Morgan fingerprint density at radius 2 is 1.77 bits per heavy atom. The largest absolute Gasteiger partial charge is 0.497 e. The summed E-state index contributed by atoms with van der Waals surface area (Å²) in [5.74, 6) is 0.0878. The van der Waals surface area contributed by atoms with Gasteiger partial charge in [0.15, 0.2) is 6.61 Å². The monoisotopic (exact) mass is 418 g/mol. The predicted octanol–water partition coefficient (Wildman–Crippen LogP) is 2.93. The van der Waals surface area contributed by atoms with Gasteiger partial charge >= 0.3 is 5.97 Å². The zero-order valence-corrected chi connectivity index (χ0v) is 18.6. The van der Waals surface area contributed by atoms with Crippen LogP contribution in [0.4, 0.5) is 0 Å². The van der Waals surface area contributed by atoms with E-state index in [1.165, 1.54) is 6.42 Å². The van der Waals surface area contributed by atoms with E-state index in [2.05, 4.69) is 24.5 Å². The third-order valence-corrected chi connectivity index (χ3v) is 5.96. The summed E-state index contributed by atoms with van der Waals surface area (Å²) in [6, 6.07) is 5.86. The van der Waals surface area contributed by atoms with Gasteiger partial charge in [0.2, 0.25) is 0 Å². The SMILES string of the molecule is COc1ccc(C(=O)N[C@H](C(=O)OCC(=O)N[C@H]2CCC[C@H](C)[C@H]2C)C(C)C)cc1. The maximum Gasteiger partial charge on any atom is 0.329 e.